The number of aryl methyl sites for hydroxylation is 2. The maximum atomic E-state index is 13.1. The molecule has 2 N–H and O–H groups in total. The van der Waals surface area contributed by atoms with E-state index in [1.807, 2.05) is 6.92 Å². The summed E-state index contributed by atoms with van der Waals surface area (Å²) in [6, 6.07) is 3.54. The fourth-order valence-electron chi connectivity index (χ4n) is 3.46. The van der Waals surface area contributed by atoms with Crippen LogP contribution in [0.4, 0.5) is 10.1 Å². The highest BCUT2D eigenvalue weighted by molar-refractivity contribution is 7.89. The van der Waals surface area contributed by atoms with Crippen molar-refractivity contribution in [2.75, 3.05) is 18.4 Å². The molecule has 2 amide bonds. The summed E-state index contributed by atoms with van der Waals surface area (Å²) in [6.07, 6.45) is 0.855. The Morgan fingerprint density at radius 1 is 1.23 bits per heavy atom. The molecule has 1 aliphatic rings. The lowest BCUT2D eigenvalue weighted by molar-refractivity contribution is -0.126. The Hall–Kier alpha value is -2.79. The Balaban J connectivity index is 1.64. The summed E-state index contributed by atoms with van der Waals surface area (Å²) in [5.74, 6) is -1.53. The second-order valence-corrected chi connectivity index (χ2v) is 9.05. The molecule has 0 spiro atoms. The van der Waals surface area contributed by atoms with Gasteiger partial charge in [0.25, 0.3) is 0 Å². The number of nitrogens with one attached hydrogen (secondary N) is 2. The van der Waals surface area contributed by atoms with Gasteiger partial charge in [-0.2, -0.15) is 9.40 Å². The third-order valence-electron chi connectivity index (χ3n) is 5.12. The van der Waals surface area contributed by atoms with E-state index in [1.54, 1.807) is 18.7 Å². The van der Waals surface area contributed by atoms with Crippen molar-refractivity contribution in [1.82, 2.24) is 19.4 Å². The van der Waals surface area contributed by atoms with Gasteiger partial charge in [0, 0.05) is 13.6 Å². The number of sulfonamides is 1. The number of benzene rings is 1. The summed E-state index contributed by atoms with van der Waals surface area (Å²) >= 11 is 0. The van der Waals surface area contributed by atoms with E-state index in [9.17, 15) is 22.4 Å². The van der Waals surface area contributed by atoms with Gasteiger partial charge in [-0.05, 0) is 51.0 Å². The smallest absolute Gasteiger partial charge is 0.243 e. The maximum absolute atomic E-state index is 13.1. The van der Waals surface area contributed by atoms with Crippen molar-refractivity contribution in [1.29, 1.82) is 0 Å². The molecule has 30 heavy (non-hydrogen) atoms. The Morgan fingerprint density at radius 3 is 2.50 bits per heavy atom. The summed E-state index contributed by atoms with van der Waals surface area (Å²) < 4.78 is 41.6. The van der Waals surface area contributed by atoms with Crippen LogP contribution in [-0.2, 0) is 26.7 Å². The molecule has 1 aliphatic heterocycles. The van der Waals surface area contributed by atoms with Gasteiger partial charge in [0.2, 0.25) is 21.8 Å². The SMILES string of the molecule is Cc1nn(C)c(C)c1NC(=O)CNC(=O)[C@@H]1CCCN1S(=O)(=O)c1ccc(F)cc1. The van der Waals surface area contributed by atoms with Crippen molar-refractivity contribution in [3.8, 4) is 0 Å². The minimum atomic E-state index is -3.95. The van der Waals surface area contributed by atoms with Crippen LogP contribution in [0.5, 0.6) is 0 Å². The highest BCUT2D eigenvalue weighted by Gasteiger charge is 2.39. The number of carbonyl (C=O) groups is 2. The highest BCUT2D eigenvalue weighted by Crippen LogP contribution is 2.26. The second kappa shape index (κ2) is 8.52. The molecule has 9 nitrogen and oxygen atoms in total. The van der Waals surface area contributed by atoms with E-state index in [-0.39, 0.29) is 18.0 Å². The van der Waals surface area contributed by atoms with Crippen molar-refractivity contribution >= 4 is 27.5 Å². The third-order valence-corrected chi connectivity index (χ3v) is 7.05. The van der Waals surface area contributed by atoms with Crippen LogP contribution >= 0.6 is 0 Å². The number of amides is 2. The summed E-state index contributed by atoms with van der Waals surface area (Å²) in [5.41, 5.74) is 2.01. The molecule has 3 rings (SSSR count). The van der Waals surface area contributed by atoms with E-state index in [1.165, 1.54) is 12.1 Å². The standard InChI is InChI=1S/C19H24FN5O4S/c1-12-18(13(2)24(3)23-12)22-17(26)11-21-19(27)16-5-4-10-25(16)30(28,29)15-8-6-14(20)7-9-15/h6-9,16H,4-5,10-11H2,1-3H3,(H,21,27)(H,22,26)/t16-/m0/s1. The Kier molecular flexibility index (Phi) is 6.22. The van der Waals surface area contributed by atoms with Crippen LogP contribution in [0.25, 0.3) is 0 Å². The van der Waals surface area contributed by atoms with Gasteiger partial charge in [-0.1, -0.05) is 0 Å². The molecule has 2 heterocycles. The molecule has 0 unspecified atom stereocenters. The van der Waals surface area contributed by atoms with Gasteiger partial charge < -0.3 is 10.6 Å². The number of halogens is 1. The van der Waals surface area contributed by atoms with Crippen LogP contribution in [0.15, 0.2) is 29.2 Å². The topological polar surface area (TPSA) is 113 Å². The second-order valence-electron chi connectivity index (χ2n) is 7.16. The number of hydrogen-bond acceptors (Lipinski definition) is 5. The molecule has 0 aliphatic carbocycles. The molecule has 1 saturated heterocycles. The molecule has 0 bridgehead atoms. The zero-order valence-corrected chi connectivity index (χ0v) is 17.8. The summed E-state index contributed by atoms with van der Waals surface area (Å²) in [5, 5.41) is 9.43. The molecule has 162 valence electrons. The first-order valence-electron chi connectivity index (χ1n) is 9.46. The molecule has 1 atom stereocenters. The van der Waals surface area contributed by atoms with Crippen LogP contribution in [0.2, 0.25) is 0 Å². The Bertz CT molecular complexity index is 1070. The fourth-order valence-corrected chi connectivity index (χ4v) is 5.11. The minimum absolute atomic E-state index is 0.0797. The monoisotopic (exact) mass is 437 g/mol. The van der Waals surface area contributed by atoms with Crippen molar-refractivity contribution in [3.63, 3.8) is 0 Å². The predicted molar refractivity (Wildman–Crippen MR) is 108 cm³/mol. The number of hydrogen-bond donors (Lipinski definition) is 2. The number of rotatable bonds is 6. The predicted octanol–water partition coefficient (Wildman–Crippen LogP) is 1.08. The van der Waals surface area contributed by atoms with E-state index in [0.717, 1.165) is 22.1 Å². The summed E-state index contributed by atoms with van der Waals surface area (Å²) in [6.45, 7) is 3.45. The first-order valence-corrected chi connectivity index (χ1v) is 10.9. The molecule has 11 heteroatoms. The van der Waals surface area contributed by atoms with Gasteiger partial charge in [0.15, 0.2) is 0 Å². The first-order chi connectivity index (χ1) is 14.1. The van der Waals surface area contributed by atoms with Gasteiger partial charge in [-0.15, -0.1) is 0 Å². The number of anilines is 1. The molecule has 1 aromatic heterocycles. The van der Waals surface area contributed by atoms with Crippen molar-refractivity contribution < 1.29 is 22.4 Å². The molecular formula is C19H24FN5O4S. The average molecular weight is 437 g/mol. The van der Waals surface area contributed by atoms with Crippen LogP contribution in [0, 0.1) is 19.7 Å². The summed E-state index contributed by atoms with van der Waals surface area (Å²) in [7, 11) is -2.19. The molecule has 2 aromatic rings. The average Bonchev–Trinajstić information content (AvgIpc) is 3.28. The van der Waals surface area contributed by atoms with Gasteiger partial charge in [-0.3, -0.25) is 14.3 Å². The third kappa shape index (κ3) is 4.36. The minimum Gasteiger partial charge on any atom is -0.346 e. The number of aromatic nitrogens is 2. The van der Waals surface area contributed by atoms with Crippen LogP contribution in [0.3, 0.4) is 0 Å². The molecule has 1 fully saturated rings. The normalized spacial score (nSPS) is 17.1. The van der Waals surface area contributed by atoms with Crippen molar-refractivity contribution in [3.05, 3.63) is 41.5 Å². The quantitative estimate of drug-likeness (QED) is 0.702. The number of nitrogens with zero attached hydrogens (tertiary/aromatic N) is 3. The van der Waals surface area contributed by atoms with Gasteiger partial charge >= 0.3 is 0 Å². The molecular weight excluding hydrogens is 413 g/mol. The van der Waals surface area contributed by atoms with Crippen molar-refractivity contribution in [2.45, 2.75) is 37.6 Å². The zero-order valence-electron chi connectivity index (χ0n) is 17.0. The van der Waals surface area contributed by atoms with Crippen LogP contribution < -0.4 is 10.6 Å². The fraction of sp³-hybridized carbons (Fsp3) is 0.421. The molecule has 1 aromatic carbocycles. The molecule has 0 radical (unpaired) electrons. The first kappa shape index (κ1) is 21.9. The lowest BCUT2D eigenvalue weighted by Gasteiger charge is -2.23. The lowest BCUT2D eigenvalue weighted by Crippen LogP contribution is -2.47. The summed E-state index contributed by atoms with van der Waals surface area (Å²) in [4.78, 5) is 24.8. The Morgan fingerprint density at radius 2 is 1.90 bits per heavy atom. The van der Waals surface area contributed by atoms with E-state index < -0.39 is 33.7 Å². The van der Waals surface area contributed by atoms with Crippen molar-refractivity contribution in [2.24, 2.45) is 7.05 Å². The van der Waals surface area contributed by atoms with Gasteiger partial charge in [-0.25, -0.2) is 12.8 Å². The molecule has 0 saturated carbocycles. The van der Waals surface area contributed by atoms with Gasteiger partial charge in [0.05, 0.1) is 28.5 Å². The lowest BCUT2D eigenvalue weighted by atomic mass is 10.2. The number of carbonyl (C=O) groups excluding carboxylic acids is 2. The largest absolute Gasteiger partial charge is 0.346 e. The Labute approximate surface area is 174 Å². The van der Waals surface area contributed by atoms with Crippen LogP contribution in [0.1, 0.15) is 24.2 Å². The highest BCUT2D eigenvalue weighted by atomic mass is 32.2. The van der Waals surface area contributed by atoms with E-state index in [0.29, 0.717) is 24.2 Å². The van der Waals surface area contributed by atoms with E-state index in [2.05, 4.69) is 15.7 Å². The van der Waals surface area contributed by atoms with Gasteiger partial charge in [0.1, 0.15) is 11.9 Å². The van der Waals surface area contributed by atoms with E-state index >= 15 is 0 Å². The maximum Gasteiger partial charge on any atom is 0.243 e. The zero-order chi connectivity index (χ0) is 22.1. The van der Waals surface area contributed by atoms with Crippen LogP contribution in [-0.4, -0.2) is 53.4 Å². The van der Waals surface area contributed by atoms with E-state index in [4.69, 9.17) is 0 Å².